The Bertz CT molecular complexity index is 649. The maximum absolute atomic E-state index is 13.0. The number of rotatable bonds is 4. The van der Waals surface area contributed by atoms with Gasteiger partial charge in [0.25, 0.3) is 5.91 Å². The zero-order valence-corrected chi connectivity index (χ0v) is 16.8. The van der Waals surface area contributed by atoms with Gasteiger partial charge < -0.3 is 14.5 Å². The van der Waals surface area contributed by atoms with Gasteiger partial charge in [-0.3, -0.25) is 9.59 Å². The lowest BCUT2D eigenvalue weighted by Crippen LogP contribution is -2.37. The van der Waals surface area contributed by atoms with E-state index in [0.29, 0.717) is 31.6 Å². The summed E-state index contributed by atoms with van der Waals surface area (Å²) in [4.78, 5) is 28.9. The maximum atomic E-state index is 13.0. The first-order chi connectivity index (χ1) is 12.3. The molecule has 1 fully saturated rings. The molecule has 0 N–H and O–H groups in total. The van der Waals surface area contributed by atoms with Crippen molar-refractivity contribution >= 4 is 11.8 Å². The van der Waals surface area contributed by atoms with Gasteiger partial charge in [-0.25, -0.2) is 0 Å². The van der Waals surface area contributed by atoms with Gasteiger partial charge in [-0.15, -0.1) is 0 Å². The maximum Gasteiger partial charge on any atom is 0.253 e. The van der Waals surface area contributed by atoms with E-state index in [9.17, 15) is 9.59 Å². The third-order valence-electron chi connectivity index (χ3n) is 4.85. The fourth-order valence-electron chi connectivity index (χ4n) is 3.35. The van der Waals surface area contributed by atoms with Crippen LogP contribution in [0.5, 0.6) is 5.75 Å². The lowest BCUT2D eigenvalue weighted by Gasteiger charge is -2.25. The van der Waals surface area contributed by atoms with Crippen LogP contribution in [0.15, 0.2) is 18.2 Å². The van der Waals surface area contributed by atoms with Crippen molar-refractivity contribution < 1.29 is 14.3 Å². The van der Waals surface area contributed by atoms with E-state index in [1.54, 1.807) is 7.11 Å². The first kappa shape index (κ1) is 20.3. The molecule has 26 heavy (non-hydrogen) atoms. The number of methoxy groups -OCH3 is 1. The molecule has 5 heteroatoms. The minimum Gasteiger partial charge on any atom is -0.496 e. The number of carbonyl (C=O) groups is 2. The lowest BCUT2D eigenvalue weighted by molar-refractivity contribution is -0.131. The van der Waals surface area contributed by atoms with Crippen LogP contribution in [0.2, 0.25) is 0 Å². The Morgan fingerprint density at radius 1 is 1.08 bits per heavy atom. The molecule has 2 amide bonds. The molecular formula is C21H32N2O3. The van der Waals surface area contributed by atoms with E-state index in [1.807, 2.05) is 34.9 Å². The van der Waals surface area contributed by atoms with Crippen LogP contribution in [-0.4, -0.2) is 54.9 Å². The summed E-state index contributed by atoms with van der Waals surface area (Å²) >= 11 is 0. The highest BCUT2D eigenvalue weighted by Gasteiger charge is 2.25. The van der Waals surface area contributed by atoms with Gasteiger partial charge in [0.15, 0.2) is 0 Å². The van der Waals surface area contributed by atoms with E-state index in [2.05, 4.69) is 20.8 Å². The van der Waals surface area contributed by atoms with Gasteiger partial charge in [-0.1, -0.05) is 27.7 Å². The highest BCUT2D eigenvalue weighted by molar-refractivity contribution is 5.94. The second-order valence-electron chi connectivity index (χ2n) is 7.94. The third kappa shape index (κ3) is 4.77. The van der Waals surface area contributed by atoms with E-state index >= 15 is 0 Å². The highest BCUT2D eigenvalue weighted by atomic mass is 16.5. The van der Waals surface area contributed by atoms with E-state index in [-0.39, 0.29) is 17.2 Å². The lowest BCUT2D eigenvalue weighted by atomic mass is 9.85. The topological polar surface area (TPSA) is 49.9 Å². The average molecular weight is 360 g/mol. The molecule has 0 spiro atoms. The summed E-state index contributed by atoms with van der Waals surface area (Å²) < 4.78 is 5.47. The molecule has 0 bridgehead atoms. The molecule has 0 atom stereocenters. The molecule has 0 radical (unpaired) electrons. The molecule has 5 nitrogen and oxygen atoms in total. The Balaban J connectivity index is 2.15. The molecule has 1 aliphatic heterocycles. The summed E-state index contributed by atoms with van der Waals surface area (Å²) in [7, 11) is 1.66. The number of amides is 2. The van der Waals surface area contributed by atoms with Crippen molar-refractivity contribution in [2.24, 2.45) is 0 Å². The summed E-state index contributed by atoms with van der Waals surface area (Å²) in [6, 6.07) is 5.66. The monoisotopic (exact) mass is 360 g/mol. The van der Waals surface area contributed by atoms with Crippen LogP contribution in [0.1, 0.15) is 62.9 Å². The normalized spacial score (nSPS) is 15.6. The van der Waals surface area contributed by atoms with Gasteiger partial charge in [0.05, 0.1) is 7.11 Å². The smallest absolute Gasteiger partial charge is 0.253 e. The molecule has 0 unspecified atom stereocenters. The Morgan fingerprint density at radius 3 is 2.35 bits per heavy atom. The minimum absolute atomic E-state index is 0.0305. The van der Waals surface area contributed by atoms with Crippen molar-refractivity contribution in [2.45, 2.75) is 52.4 Å². The van der Waals surface area contributed by atoms with E-state index in [0.717, 1.165) is 30.7 Å². The van der Waals surface area contributed by atoms with Gasteiger partial charge in [0, 0.05) is 43.7 Å². The van der Waals surface area contributed by atoms with E-state index < -0.39 is 0 Å². The van der Waals surface area contributed by atoms with Gasteiger partial charge in [0.2, 0.25) is 5.91 Å². The number of carbonyl (C=O) groups excluding carboxylic acids is 2. The van der Waals surface area contributed by atoms with E-state index in [4.69, 9.17) is 4.74 Å². The Hall–Kier alpha value is -2.04. The fraction of sp³-hybridized carbons (Fsp3) is 0.619. The fourth-order valence-corrected chi connectivity index (χ4v) is 3.35. The van der Waals surface area contributed by atoms with Crippen molar-refractivity contribution in [3.05, 3.63) is 29.3 Å². The largest absolute Gasteiger partial charge is 0.496 e. The van der Waals surface area contributed by atoms with Gasteiger partial charge in [0.1, 0.15) is 5.75 Å². The SMILES string of the molecule is CCCC(=O)N1CCCN(C(=O)c2ccc(OC)c(C(C)(C)C)c2)CC1. The number of ether oxygens (including phenoxy) is 1. The van der Waals surface area contributed by atoms with Gasteiger partial charge >= 0.3 is 0 Å². The van der Waals surface area contributed by atoms with Crippen LogP contribution >= 0.6 is 0 Å². The highest BCUT2D eigenvalue weighted by Crippen LogP contribution is 2.32. The Kier molecular flexibility index (Phi) is 6.68. The van der Waals surface area contributed by atoms with Gasteiger partial charge in [-0.2, -0.15) is 0 Å². The first-order valence-electron chi connectivity index (χ1n) is 9.53. The molecule has 144 valence electrons. The average Bonchev–Trinajstić information content (AvgIpc) is 2.86. The van der Waals surface area contributed by atoms with Crippen molar-refractivity contribution in [1.82, 2.24) is 9.80 Å². The van der Waals surface area contributed by atoms with Crippen LogP contribution < -0.4 is 4.74 Å². The van der Waals surface area contributed by atoms with Crippen molar-refractivity contribution in [3.8, 4) is 5.75 Å². The quantitative estimate of drug-likeness (QED) is 0.826. The third-order valence-corrected chi connectivity index (χ3v) is 4.85. The molecular weight excluding hydrogens is 328 g/mol. The number of benzene rings is 1. The van der Waals surface area contributed by atoms with Crippen molar-refractivity contribution in [1.29, 1.82) is 0 Å². The predicted molar refractivity (Wildman–Crippen MR) is 104 cm³/mol. The first-order valence-corrected chi connectivity index (χ1v) is 9.53. The van der Waals surface area contributed by atoms with E-state index in [1.165, 1.54) is 0 Å². The molecule has 1 heterocycles. The number of hydrogen-bond acceptors (Lipinski definition) is 3. The van der Waals surface area contributed by atoms with Crippen LogP contribution in [0, 0.1) is 0 Å². The number of hydrogen-bond donors (Lipinski definition) is 0. The molecule has 1 aromatic rings. The van der Waals surface area contributed by atoms with Crippen molar-refractivity contribution in [3.63, 3.8) is 0 Å². The molecule has 1 aliphatic rings. The predicted octanol–water partition coefficient (Wildman–Crippen LogP) is 3.47. The molecule has 1 saturated heterocycles. The van der Waals surface area contributed by atoms with Crippen LogP contribution in [0.25, 0.3) is 0 Å². The van der Waals surface area contributed by atoms with Crippen LogP contribution in [-0.2, 0) is 10.2 Å². The summed E-state index contributed by atoms with van der Waals surface area (Å²) in [5, 5.41) is 0. The number of nitrogens with zero attached hydrogens (tertiary/aromatic N) is 2. The second kappa shape index (κ2) is 8.56. The standard InChI is InChI=1S/C21H32N2O3/c1-6-8-19(24)22-11-7-12-23(14-13-22)20(25)16-9-10-18(26-5)17(15-16)21(2,3)4/h9-10,15H,6-8,11-14H2,1-5H3. The molecule has 0 aliphatic carbocycles. The summed E-state index contributed by atoms with van der Waals surface area (Å²) in [6.07, 6.45) is 2.27. The summed E-state index contributed by atoms with van der Waals surface area (Å²) in [5.41, 5.74) is 1.61. The molecule has 0 saturated carbocycles. The van der Waals surface area contributed by atoms with Crippen LogP contribution in [0.3, 0.4) is 0 Å². The molecule has 1 aromatic carbocycles. The molecule has 0 aromatic heterocycles. The second-order valence-corrected chi connectivity index (χ2v) is 7.94. The summed E-state index contributed by atoms with van der Waals surface area (Å²) in [6.45, 7) is 11.0. The zero-order valence-electron chi connectivity index (χ0n) is 16.8. The van der Waals surface area contributed by atoms with Crippen molar-refractivity contribution in [2.75, 3.05) is 33.3 Å². The summed E-state index contributed by atoms with van der Waals surface area (Å²) in [5.74, 6) is 1.03. The Morgan fingerprint density at radius 2 is 1.73 bits per heavy atom. The van der Waals surface area contributed by atoms with Crippen LogP contribution in [0.4, 0.5) is 0 Å². The van der Waals surface area contributed by atoms with Gasteiger partial charge in [-0.05, 0) is 36.5 Å². The Labute approximate surface area is 157 Å². The zero-order chi connectivity index (χ0) is 19.3. The minimum atomic E-state index is -0.107. The molecule has 2 rings (SSSR count).